The largest absolute Gasteiger partial charge is 0.444 e. The minimum Gasteiger partial charge on any atom is -0.444 e. The predicted octanol–water partition coefficient (Wildman–Crippen LogP) is 0.515. The summed E-state index contributed by atoms with van der Waals surface area (Å²) in [6, 6.07) is 0. The second-order valence-electron chi connectivity index (χ2n) is 4.90. The second-order valence-corrected chi connectivity index (χ2v) is 4.90. The molecule has 1 amide bonds. The first-order valence-electron chi connectivity index (χ1n) is 5.30. The Morgan fingerprint density at radius 1 is 1.25 bits per heavy atom. The first-order valence-corrected chi connectivity index (χ1v) is 5.30. The maximum Gasteiger partial charge on any atom is 0.410 e. The lowest BCUT2D eigenvalue weighted by molar-refractivity contribution is 0.0127. The SMILES string of the molecule is CC(C)(C)OC(=O)N1C[C@@H](O)C=C[C@H](O)C1. The van der Waals surface area contributed by atoms with Crippen LogP contribution in [-0.4, -0.2) is 52.1 Å². The Labute approximate surface area is 95.3 Å². The van der Waals surface area contributed by atoms with Gasteiger partial charge in [0, 0.05) is 0 Å². The molecule has 1 aliphatic rings. The van der Waals surface area contributed by atoms with Crippen LogP contribution in [0.15, 0.2) is 12.2 Å². The molecule has 0 aromatic rings. The molecule has 0 aliphatic carbocycles. The van der Waals surface area contributed by atoms with Crippen molar-refractivity contribution < 1.29 is 19.7 Å². The lowest BCUT2D eigenvalue weighted by atomic mass is 10.2. The number of aliphatic hydroxyl groups excluding tert-OH is 2. The topological polar surface area (TPSA) is 70.0 Å². The number of aliphatic hydroxyl groups is 2. The fraction of sp³-hybridized carbons (Fsp3) is 0.727. The molecule has 0 aromatic heterocycles. The van der Waals surface area contributed by atoms with Gasteiger partial charge in [0.15, 0.2) is 0 Å². The van der Waals surface area contributed by atoms with Crippen LogP contribution >= 0.6 is 0 Å². The van der Waals surface area contributed by atoms with Gasteiger partial charge in [0.05, 0.1) is 25.3 Å². The molecule has 2 atom stereocenters. The van der Waals surface area contributed by atoms with Crippen molar-refractivity contribution in [3.8, 4) is 0 Å². The van der Waals surface area contributed by atoms with Crippen LogP contribution in [0, 0.1) is 0 Å². The Bertz CT molecular complexity index is 268. The molecular formula is C11H19NO4. The Hall–Kier alpha value is -1.07. The van der Waals surface area contributed by atoms with E-state index in [1.807, 2.05) is 0 Å². The number of hydrogen-bond donors (Lipinski definition) is 2. The summed E-state index contributed by atoms with van der Waals surface area (Å²) in [5.41, 5.74) is -0.577. The zero-order valence-corrected chi connectivity index (χ0v) is 9.88. The van der Waals surface area contributed by atoms with E-state index in [4.69, 9.17) is 4.74 Å². The van der Waals surface area contributed by atoms with Gasteiger partial charge in [-0.15, -0.1) is 0 Å². The third-order valence-corrected chi connectivity index (χ3v) is 2.02. The summed E-state index contributed by atoms with van der Waals surface area (Å²) in [5.74, 6) is 0. The Balaban J connectivity index is 2.62. The molecule has 0 saturated heterocycles. The maximum absolute atomic E-state index is 11.7. The van der Waals surface area contributed by atoms with Crippen molar-refractivity contribution >= 4 is 6.09 Å². The number of nitrogens with zero attached hydrogens (tertiary/aromatic N) is 1. The lowest BCUT2D eigenvalue weighted by Gasteiger charge is -2.27. The minimum atomic E-state index is -0.760. The monoisotopic (exact) mass is 229 g/mol. The van der Waals surface area contributed by atoms with E-state index in [9.17, 15) is 15.0 Å². The van der Waals surface area contributed by atoms with Gasteiger partial charge in [-0.1, -0.05) is 12.2 Å². The molecule has 0 radical (unpaired) electrons. The average molecular weight is 229 g/mol. The molecule has 5 heteroatoms. The van der Waals surface area contributed by atoms with Crippen LogP contribution in [0.3, 0.4) is 0 Å². The summed E-state index contributed by atoms with van der Waals surface area (Å²) in [6.07, 6.45) is 0.924. The number of hydrogen-bond acceptors (Lipinski definition) is 4. The van der Waals surface area contributed by atoms with Crippen molar-refractivity contribution in [3.63, 3.8) is 0 Å². The summed E-state index contributed by atoms with van der Waals surface area (Å²) in [6.45, 7) is 5.60. The van der Waals surface area contributed by atoms with Crippen molar-refractivity contribution in [1.29, 1.82) is 0 Å². The van der Waals surface area contributed by atoms with E-state index in [2.05, 4.69) is 0 Å². The van der Waals surface area contributed by atoms with Crippen LogP contribution in [0.1, 0.15) is 20.8 Å². The Morgan fingerprint density at radius 3 is 2.06 bits per heavy atom. The molecule has 1 rings (SSSR count). The van der Waals surface area contributed by atoms with Gasteiger partial charge in [-0.05, 0) is 20.8 Å². The van der Waals surface area contributed by atoms with Gasteiger partial charge < -0.3 is 19.8 Å². The number of rotatable bonds is 0. The van der Waals surface area contributed by atoms with Crippen LogP contribution < -0.4 is 0 Å². The third-order valence-electron chi connectivity index (χ3n) is 2.02. The third kappa shape index (κ3) is 4.20. The van der Waals surface area contributed by atoms with Gasteiger partial charge in [-0.3, -0.25) is 0 Å². The summed E-state index contributed by atoms with van der Waals surface area (Å²) in [7, 11) is 0. The van der Waals surface area contributed by atoms with Crippen molar-refractivity contribution in [2.24, 2.45) is 0 Å². The van der Waals surface area contributed by atoms with Crippen LogP contribution in [0.2, 0.25) is 0 Å². The van der Waals surface area contributed by atoms with Gasteiger partial charge >= 0.3 is 6.09 Å². The van der Waals surface area contributed by atoms with E-state index >= 15 is 0 Å². The lowest BCUT2D eigenvalue weighted by Crippen LogP contribution is -2.42. The molecule has 0 spiro atoms. The zero-order chi connectivity index (χ0) is 12.3. The molecule has 2 N–H and O–H groups in total. The average Bonchev–Trinajstić information content (AvgIpc) is 2.25. The molecule has 1 heterocycles. The highest BCUT2D eigenvalue weighted by Crippen LogP contribution is 2.12. The highest BCUT2D eigenvalue weighted by atomic mass is 16.6. The van der Waals surface area contributed by atoms with E-state index in [-0.39, 0.29) is 13.1 Å². The smallest absolute Gasteiger partial charge is 0.410 e. The number of ether oxygens (including phenoxy) is 1. The quantitative estimate of drug-likeness (QED) is 0.594. The standard InChI is InChI=1S/C11H19NO4/c1-11(2,3)16-10(15)12-6-8(13)4-5-9(14)7-12/h4-5,8-9,13-14H,6-7H2,1-3H3/t8-,9-/m0/s1. The Kier molecular flexibility index (Phi) is 3.93. The molecule has 0 bridgehead atoms. The molecule has 0 fully saturated rings. The van der Waals surface area contributed by atoms with E-state index in [1.54, 1.807) is 20.8 Å². The van der Waals surface area contributed by atoms with E-state index in [0.717, 1.165) is 0 Å². The molecule has 1 aliphatic heterocycles. The van der Waals surface area contributed by atoms with E-state index in [0.29, 0.717) is 0 Å². The molecule has 5 nitrogen and oxygen atoms in total. The molecular weight excluding hydrogens is 210 g/mol. The van der Waals surface area contributed by atoms with Crippen molar-refractivity contribution in [3.05, 3.63) is 12.2 Å². The summed E-state index contributed by atoms with van der Waals surface area (Å²) in [4.78, 5) is 13.0. The number of carbonyl (C=O) groups excluding carboxylic acids is 1. The first-order chi connectivity index (χ1) is 7.28. The summed E-state index contributed by atoms with van der Waals surface area (Å²) in [5, 5.41) is 19.0. The normalized spacial score (nSPS) is 26.4. The van der Waals surface area contributed by atoms with Crippen LogP contribution in [0.4, 0.5) is 4.79 Å². The van der Waals surface area contributed by atoms with Crippen LogP contribution in [0.5, 0.6) is 0 Å². The van der Waals surface area contributed by atoms with Crippen LogP contribution in [-0.2, 0) is 4.74 Å². The van der Waals surface area contributed by atoms with Gasteiger partial charge in [0.25, 0.3) is 0 Å². The fourth-order valence-electron chi connectivity index (χ4n) is 1.38. The molecule has 0 saturated carbocycles. The zero-order valence-electron chi connectivity index (χ0n) is 9.88. The Morgan fingerprint density at radius 2 is 1.69 bits per heavy atom. The minimum absolute atomic E-state index is 0.141. The first kappa shape index (κ1) is 13.0. The van der Waals surface area contributed by atoms with Crippen molar-refractivity contribution in [1.82, 2.24) is 4.90 Å². The van der Waals surface area contributed by atoms with Crippen molar-refractivity contribution in [2.75, 3.05) is 13.1 Å². The molecule has 0 aromatic carbocycles. The summed E-state index contributed by atoms with van der Waals surface area (Å²) < 4.78 is 5.17. The van der Waals surface area contributed by atoms with Gasteiger partial charge in [0.2, 0.25) is 0 Å². The van der Waals surface area contributed by atoms with Gasteiger partial charge in [0.1, 0.15) is 5.60 Å². The van der Waals surface area contributed by atoms with E-state index < -0.39 is 23.9 Å². The van der Waals surface area contributed by atoms with E-state index in [1.165, 1.54) is 17.1 Å². The fourth-order valence-corrected chi connectivity index (χ4v) is 1.38. The van der Waals surface area contributed by atoms with Gasteiger partial charge in [-0.25, -0.2) is 4.79 Å². The van der Waals surface area contributed by atoms with Crippen LogP contribution in [0.25, 0.3) is 0 Å². The number of carbonyl (C=O) groups is 1. The second kappa shape index (κ2) is 4.84. The summed E-state index contributed by atoms with van der Waals surface area (Å²) >= 11 is 0. The molecule has 0 unspecified atom stereocenters. The molecule has 16 heavy (non-hydrogen) atoms. The number of β-amino-alcohol motifs (C(OH)–C–C–N with tert-alkyl or cyclic N) is 2. The highest BCUT2D eigenvalue weighted by Gasteiger charge is 2.26. The van der Waals surface area contributed by atoms with Gasteiger partial charge in [-0.2, -0.15) is 0 Å². The van der Waals surface area contributed by atoms with Crippen molar-refractivity contribution in [2.45, 2.75) is 38.6 Å². The highest BCUT2D eigenvalue weighted by molar-refractivity contribution is 5.68. The molecule has 92 valence electrons. The maximum atomic E-state index is 11.7. The number of amides is 1. The predicted molar refractivity (Wildman–Crippen MR) is 59.0 cm³/mol.